The first-order valence-electron chi connectivity index (χ1n) is 10.6. The Kier molecular flexibility index (Phi) is 7.77. The fourth-order valence-corrected chi connectivity index (χ4v) is 3.92. The van der Waals surface area contributed by atoms with Crippen LogP contribution in [0.4, 0.5) is 0 Å². The molecule has 2 N–H and O–H groups in total. The molecule has 0 aliphatic rings. The van der Waals surface area contributed by atoms with Crippen LogP contribution >= 0.6 is 0 Å². The second-order valence-electron chi connectivity index (χ2n) is 7.89. The Morgan fingerprint density at radius 2 is 1.38 bits per heavy atom. The highest BCUT2D eigenvalue weighted by atomic mass is 16.2. The van der Waals surface area contributed by atoms with Crippen LogP contribution in [-0.4, -0.2) is 24.4 Å². The van der Waals surface area contributed by atoms with E-state index in [1.54, 1.807) is 0 Å². The molecule has 0 unspecified atom stereocenters. The molecule has 0 heterocycles. The van der Waals surface area contributed by atoms with Crippen LogP contribution in [-0.2, 0) is 16.0 Å². The van der Waals surface area contributed by atoms with Crippen LogP contribution < -0.4 is 10.6 Å². The lowest BCUT2D eigenvalue weighted by molar-refractivity contribution is -0.129. The van der Waals surface area contributed by atoms with Crippen molar-refractivity contribution in [3.63, 3.8) is 0 Å². The predicted molar refractivity (Wildman–Crippen MR) is 125 cm³/mol. The zero-order valence-corrected chi connectivity index (χ0v) is 18.3. The van der Waals surface area contributed by atoms with E-state index < -0.39 is 12.0 Å². The number of rotatable bonds is 8. The number of hydrogen-bond acceptors (Lipinski definition) is 3. The molecule has 0 aliphatic carbocycles. The molecule has 0 saturated heterocycles. The molecule has 1 atom stereocenters. The van der Waals surface area contributed by atoms with Gasteiger partial charge in [-0.25, -0.2) is 0 Å². The smallest absolute Gasteiger partial charge is 0.243 e. The van der Waals surface area contributed by atoms with Crippen molar-refractivity contribution in [3.05, 3.63) is 107 Å². The number of carbonyl (C=O) groups excluding carboxylic acids is 2. The first-order valence-corrected chi connectivity index (χ1v) is 10.6. The number of carbonyl (C=O) groups is 2. The van der Waals surface area contributed by atoms with E-state index in [0.717, 1.165) is 27.8 Å². The van der Waals surface area contributed by atoms with E-state index in [2.05, 4.69) is 16.7 Å². The molecule has 5 heteroatoms. The third kappa shape index (κ3) is 6.05. The standard InChI is InChI=1S/C27H27N3O2/c1-19-15-20(2)17-21(16-19)18-24(26(31)29-14-13-28)30-27(32)25(22-9-5-3-6-10-22)23-11-7-4-8-12-23/h3-12,15-17,24-25H,14,18H2,1-2H3,(H,29,31)(H,30,32)/t24-/m0/s1. The van der Waals surface area contributed by atoms with Gasteiger partial charge in [0.25, 0.3) is 0 Å². The summed E-state index contributed by atoms with van der Waals surface area (Å²) in [4.78, 5) is 26.3. The molecule has 3 aromatic rings. The lowest BCUT2D eigenvalue weighted by Gasteiger charge is -2.23. The topological polar surface area (TPSA) is 82.0 Å². The van der Waals surface area contributed by atoms with Crippen molar-refractivity contribution in [2.45, 2.75) is 32.2 Å². The summed E-state index contributed by atoms with van der Waals surface area (Å²) in [5.41, 5.74) is 4.83. The Morgan fingerprint density at radius 3 is 1.88 bits per heavy atom. The molecule has 3 aromatic carbocycles. The Morgan fingerprint density at radius 1 is 0.844 bits per heavy atom. The van der Waals surface area contributed by atoms with Crippen LogP contribution in [0.2, 0.25) is 0 Å². The van der Waals surface area contributed by atoms with Gasteiger partial charge < -0.3 is 10.6 Å². The lowest BCUT2D eigenvalue weighted by atomic mass is 9.90. The normalized spacial score (nSPS) is 11.4. The molecule has 0 fully saturated rings. The number of nitriles is 1. The van der Waals surface area contributed by atoms with Gasteiger partial charge in [-0.2, -0.15) is 5.26 Å². The SMILES string of the molecule is Cc1cc(C)cc(C[C@H](NC(=O)C(c2ccccc2)c2ccccc2)C(=O)NCC#N)c1. The molecule has 0 aliphatic heterocycles. The van der Waals surface area contributed by atoms with E-state index in [0.29, 0.717) is 6.42 Å². The maximum Gasteiger partial charge on any atom is 0.243 e. The summed E-state index contributed by atoms with van der Waals surface area (Å²) in [6.45, 7) is 3.89. The highest BCUT2D eigenvalue weighted by molar-refractivity contribution is 5.92. The first kappa shape index (κ1) is 22.8. The van der Waals surface area contributed by atoms with Crippen LogP contribution in [0.3, 0.4) is 0 Å². The van der Waals surface area contributed by atoms with Crippen LogP contribution in [0.5, 0.6) is 0 Å². The molecule has 0 aromatic heterocycles. The summed E-state index contributed by atoms with van der Waals surface area (Å²) < 4.78 is 0. The van der Waals surface area contributed by atoms with Crippen molar-refractivity contribution >= 4 is 11.8 Å². The third-order valence-electron chi connectivity index (χ3n) is 5.22. The third-order valence-corrected chi connectivity index (χ3v) is 5.22. The molecular formula is C27H27N3O2. The highest BCUT2D eigenvalue weighted by Gasteiger charge is 2.28. The number of nitrogens with zero attached hydrogens (tertiary/aromatic N) is 1. The monoisotopic (exact) mass is 425 g/mol. The Balaban J connectivity index is 1.91. The fraction of sp³-hybridized carbons (Fsp3) is 0.222. The predicted octanol–water partition coefficient (Wildman–Crippen LogP) is 3.80. The zero-order chi connectivity index (χ0) is 22.9. The van der Waals surface area contributed by atoms with Gasteiger partial charge in [-0.15, -0.1) is 0 Å². The van der Waals surface area contributed by atoms with Crippen molar-refractivity contribution in [3.8, 4) is 6.07 Å². The minimum atomic E-state index is -0.799. The Hall–Kier alpha value is -3.91. The molecule has 0 saturated carbocycles. The van der Waals surface area contributed by atoms with Crippen molar-refractivity contribution in [2.24, 2.45) is 0 Å². The van der Waals surface area contributed by atoms with E-state index in [1.165, 1.54) is 0 Å². The van der Waals surface area contributed by atoms with E-state index in [9.17, 15) is 9.59 Å². The minimum absolute atomic E-state index is 0.112. The minimum Gasteiger partial charge on any atom is -0.343 e. The van der Waals surface area contributed by atoms with Gasteiger partial charge in [-0.3, -0.25) is 9.59 Å². The van der Waals surface area contributed by atoms with Gasteiger partial charge in [-0.1, -0.05) is 90.0 Å². The average Bonchev–Trinajstić information content (AvgIpc) is 2.78. The molecule has 162 valence electrons. The highest BCUT2D eigenvalue weighted by Crippen LogP contribution is 2.25. The van der Waals surface area contributed by atoms with Crippen LogP contribution in [0, 0.1) is 25.2 Å². The van der Waals surface area contributed by atoms with Crippen LogP contribution in [0.15, 0.2) is 78.9 Å². The molecule has 2 amide bonds. The molecule has 0 spiro atoms. The molecule has 0 bridgehead atoms. The van der Waals surface area contributed by atoms with Crippen molar-refractivity contribution < 1.29 is 9.59 Å². The number of nitrogens with one attached hydrogen (secondary N) is 2. The quantitative estimate of drug-likeness (QED) is 0.539. The fourth-order valence-electron chi connectivity index (χ4n) is 3.92. The van der Waals surface area contributed by atoms with Gasteiger partial charge in [0.15, 0.2) is 0 Å². The second kappa shape index (κ2) is 10.9. The summed E-state index contributed by atoms with van der Waals surface area (Å²) in [5, 5.41) is 14.4. The lowest BCUT2D eigenvalue weighted by Crippen LogP contribution is -2.49. The summed E-state index contributed by atoms with van der Waals surface area (Å²) in [6, 6.07) is 26.2. The maximum atomic E-state index is 13.5. The van der Waals surface area contributed by atoms with Gasteiger partial charge in [0.2, 0.25) is 11.8 Å². The van der Waals surface area contributed by atoms with Gasteiger partial charge in [0.1, 0.15) is 12.6 Å². The summed E-state index contributed by atoms with van der Waals surface area (Å²) in [7, 11) is 0. The average molecular weight is 426 g/mol. The van der Waals surface area contributed by atoms with Gasteiger partial charge in [0.05, 0.1) is 12.0 Å². The Labute approximate surface area is 189 Å². The van der Waals surface area contributed by atoms with Gasteiger partial charge in [0, 0.05) is 6.42 Å². The van der Waals surface area contributed by atoms with Crippen LogP contribution in [0.25, 0.3) is 0 Å². The molecular weight excluding hydrogens is 398 g/mol. The Bertz CT molecular complexity index is 1050. The number of hydrogen-bond donors (Lipinski definition) is 2. The maximum absolute atomic E-state index is 13.5. The number of benzene rings is 3. The second-order valence-corrected chi connectivity index (χ2v) is 7.89. The zero-order valence-electron chi connectivity index (χ0n) is 18.3. The molecule has 0 radical (unpaired) electrons. The van der Waals surface area contributed by atoms with Gasteiger partial charge >= 0.3 is 0 Å². The van der Waals surface area contributed by atoms with E-state index >= 15 is 0 Å². The van der Waals surface area contributed by atoms with Crippen LogP contribution in [0.1, 0.15) is 33.7 Å². The van der Waals surface area contributed by atoms with Crippen molar-refractivity contribution in [2.75, 3.05) is 6.54 Å². The van der Waals surface area contributed by atoms with Gasteiger partial charge in [-0.05, 0) is 30.5 Å². The van der Waals surface area contributed by atoms with Crippen molar-refractivity contribution in [1.29, 1.82) is 5.26 Å². The largest absolute Gasteiger partial charge is 0.343 e. The molecule has 3 rings (SSSR count). The first-order chi connectivity index (χ1) is 15.5. The van der Waals surface area contributed by atoms with E-state index in [1.807, 2.05) is 92.7 Å². The molecule has 32 heavy (non-hydrogen) atoms. The molecule has 5 nitrogen and oxygen atoms in total. The summed E-state index contributed by atoms with van der Waals surface area (Å²) in [5.74, 6) is -1.19. The van der Waals surface area contributed by atoms with E-state index in [-0.39, 0.29) is 18.4 Å². The summed E-state index contributed by atoms with van der Waals surface area (Å²) >= 11 is 0. The van der Waals surface area contributed by atoms with Crippen molar-refractivity contribution in [1.82, 2.24) is 10.6 Å². The van der Waals surface area contributed by atoms with E-state index in [4.69, 9.17) is 5.26 Å². The summed E-state index contributed by atoms with van der Waals surface area (Å²) in [6.07, 6.45) is 0.335. The number of amides is 2. The number of aryl methyl sites for hydroxylation is 2.